The Morgan fingerprint density at radius 1 is 1.09 bits per heavy atom. The van der Waals surface area contributed by atoms with Gasteiger partial charge in [0.2, 0.25) is 0 Å². The number of carbonyl (C=O) groups is 2. The molecule has 0 aliphatic carbocycles. The molecule has 0 atom stereocenters. The smallest absolute Gasteiger partial charge is 0.313 e. The van der Waals surface area contributed by atoms with Gasteiger partial charge in [0.1, 0.15) is 0 Å². The zero-order valence-electron chi connectivity index (χ0n) is 12.5. The molecule has 0 fully saturated rings. The Morgan fingerprint density at radius 2 is 1.82 bits per heavy atom. The molecule has 114 valence electrons. The molecular weight excluding hydrogens is 280 g/mol. The minimum absolute atomic E-state index is 0.284. The van der Waals surface area contributed by atoms with Gasteiger partial charge in [-0.25, -0.2) is 0 Å². The quantitative estimate of drug-likeness (QED) is 0.837. The van der Waals surface area contributed by atoms with Crippen molar-refractivity contribution in [2.24, 2.45) is 0 Å². The summed E-state index contributed by atoms with van der Waals surface area (Å²) in [7, 11) is 3.81. The van der Waals surface area contributed by atoms with E-state index < -0.39 is 11.8 Å². The number of hydrogen-bond donors (Lipinski definition) is 2. The fourth-order valence-corrected chi connectivity index (χ4v) is 1.81. The van der Waals surface area contributed by atoms with Gasteiger partial charge in [-0.2, -0.15) is 0 Å². The van der Waals surface area contributed by atoms with Crippen LogP contribution in [0, 0.1) is 0 Å². The maximum atomic E-state index is 11.9. The van der Waals surface area contributed by atoms with E-state index in [0.29, 0.717) is 5.69 Å². The van der Waals surface area contributed by atoms with E-state index in [1.54, 1.807) is 36.7 Å². The highest BCUT2D eigenvalue weighted by Gasteiger charge is 2.13. The molecule has 0 spiro atoms. The van der Waals surface area contributed by atoms with Gasteiger partial charge in [-0.1, -0.05) is 6.07 Å². The molecule has 1 aromatic carbocycles. The van der Waals surface area contributed by atoms with Crippen LogP contribution in [0.4, 0.5) is 11.4 Å². The number of nitrogens with one attached hydrogen (secondary N) is 2. The van der Waals surface area contributed by atoms with Crippen molar-refractivity contribution in [1.82, 2.24) is 10.3 Å². The molecule has 22 heavy (non-hydrogen) atoms. The maximum absolute atomic E-state index is 11.9. The van der Waals surface area contributed by atoms with E-state index in [1.807, 2.05) is 31.1 Å². The number of carbonyl (C=O) groups excluding carboxylic acids is 2. The molecule has 0 bridgehead atoms. The molecule has 6 heteroatoms. The SMILES string of the molecule is CN(C)c1cccc(NC(=O)C(=O)NCc2ccncc2)c1. The first-order valence-corrected chi connectivity index (χ1v) is 6.82. The number of benzene rings is 1. The highest BCUT2D eigenvalue weighted by atomic mass is 16.2. The normalized spacial score (nSPS) is 9.91. The van der Waals surface area contributed by atoms with Crippen molar-refractivity contribution in [3.8, 4) is 0 Å². The Labute approximate surface area is 129 Å². The number of pyridine rings is 1. The Hall–Kier alpha value is -2.89. The van der Waals surface area contributed by atoms with Gasteiger partial charge in [-0.3, -0.25) is 14.6 Å². The van der Waals surface area contributed by atoms with Gasteiger partial charge in [0.15, 0.2) is 0 Å². The van der Waals surface area contributed by atoms with E-state index in [4.69, 9.17) is 0 Å². The van der Waals surface area contributed by atoms with Gasteiger partial charge < -0.3 is 15.5 Å². The van der Waals surface area contributed by atoms with Crippen LogP contribution in [-0.2, 0) is 16.1 Å². The second-order valence-corrected chi connectivity index (χ2v) is 4.94. The largest absolute Gasteiger partial charge is 0.378 e. The molecule has 1 heterocycles. The van der Waals surface area contributed by atoms with Crippen molar-refractivity contribution in [3.05, 3.63) is 54.4 Å². The van der Waals surface area contributed by atoms with Crippen LogP contribution in [0.1, 0.15) is 5.56 Å². The molecule has 0 aliphatic heterocycles. The highest BCUT2D eigenvalue weighted by Crippen LogP contribution is 2.17. The number of amides is 2. The summed E-state index contributed by atoms with van der Waals surface area (Å²) >= 11 is 0. The summed E-state index contributed by atoms with van der Waals surface area (Å²) in [6, 6.07) is 10.8. The number of anilines is 2. The Morgan fingerprint density at radius 3 is 2.50 bits per heavy atom. The number of hydrogen-bond acceptors (Lipinski definition) is 4. The number of nitrogens with zero attached hydrogens (tertiary/aromatic N) is 2. The van der Waals surface area contributed by atoms with Gasteiger partial charge in [0.05, 0.1) is 0 Å². The number of aromatic nitrogens is 1. The van der Waals surface area contributed by atoms with Gasteiger partial charge in [0.25, 0.3) is 0 Å². The molecule has 0 radical (unpaired) electrons. The summed E-state index contributed by atoms with van der Waals surface area (Å²) in [6.45, 7) is 0.284. The summed E-state index contributed by atoms with van der Waals surface area (Å²) in [5, 5.41) is 5.15. The van der Waals surface area contributed by atoms with Crippen LogP contribution in [0.2, 0.25) is 0 Å². The molecule has 2 rings (SSSR count). The van der Waals surface area contributed by atoms with Crippen molar-refractivity contribution in [2.45, 2.75) is 6.54 Å². The lowest BCUT2D eigenvalue weighted by Gasteiger charge is -2.14. The molecule has 0 unspecified atom stereocenters. The zero-order valence-corrected chi connectivity index (χ0v) is 12.5. The van der Waals surface area contributed by atoms with Gasteiger partial charge in [-0.05, 0) is 35.9 Å². The third-order valence-electron chi connectivity index (χ3n) is 3.03. The van der Waals surface area contributed by atoms with Crippen molar-refractivity contribution < 1.29 is 9.59 Å². The molecular formula is C16H18N4O2. The lowest BCUT2D eigenvalue weighted by atomic mass is 10.2. The first-order valence-electron chi connectivity index (χ1n) is 6.82. The summed E-state index contributed by atoms with van der Waals surface area (Å²) in [6.07, 6.45) is 3.27. The van der Waals surface area contributed by atoms with Crippen LogP contribution >= 0.6 is 0 Å². The second kappa shape index (κ2) is 7.21. The fraction of sp³-hybridized carbons (Fsp3) is 0.188. The second-order valence-electron chi connectivity index (χ2n) is 4.94. The van der Waals surface area contributed by atoms with Crippen molar-refractivity contribution in [2.75, 3.05) is 24.3 Å². The molecule has 1 aromatic heterocycles. The van der Waals surface area contributed by atoms with Crippen LogP contribution < -0.4 is 15.5 Å². The van der Waals surface area contributed by atoms with E-state index in [0.717, 1.165) is 11.3 Å². The topological polar surface area (TPSA) is 74.3 Å². The lowest BCUT2D eigenvalue weighted by molar-refractivity contribution is -0.136. The third kappa shape index (κ3) is 4.31. The molecule has 2 aromatic rings. The van der Waals surface area contributed by atoms with Crippen molar-refractivity contribution in [1.29, 1.82) is 0 Å². The summed E-state index contributed by atoms with van der Waals surface area (Å²) < 4.78 is 0. The average Bonchev–Trinajstić information content (AvgIpc) is 2.53. The van der Waals surface area contributed by atoms with Crippen molar-refractivity contribution in [3.63, 3.8) is 0 Å². The minimum Gasteiger partial charge on any atom is -0.378 e. The Balaban J connectivity index is 1.91. The van der Waals surface area contributed by atoms with E-state index in [2.05, 4.69) is 15.6 Å². The minimum atomic E-state index is -0.690. The predicted octanol–water partition coefficient (Wildman–Crippen LogP) is 1.40. The Kier molecular flexibility index (Phi) is 5.08. The van der Waals surface area contributed by atoms with Crippen LogP contribution in [0.5, 0.6) is 0 Å². The first kappa shape index (κ1) is 15.5. The standard InChI is InChI=1S/C16H18N4O2/c1-20(2)14-5-3-4-13(10-14)19-16(22)15(21)18-11-12-6-8-17-9-7-12/h3-10H,11H2,1-2H3,(H,18,21)(H,19,22). The highest BCUT2D eigenvalue weighted by molar-refractivity contribution is 6.39. The zero-order chi connectivity index (χ0) is 15.9. The van der Waals surface area contributed by atoms with Crippen LogP contribution in [0.15, 0.2) is 48.8 Å². The Bertz CT molecular complexity index is 656. The van der Waals surface area contributed by atoms with Crippen molar-refractivity contribution >= 4 is 23.2 Å². The van der Waals surface area contributed by atoms with Gasteiger partial charge >= 0.3 is 11.8 Å². The summed E-state index contributed by atoms with van der Waals surface area (Å²) in [4.78, 5) is 29.5. The molecule has 0 saturated heterocycles. The average molecular weight is 298 g/mol. The van der Waals surface area contributed by atoms with E-state index in [1.165, 1.54) is 0 Å². The monoisotopic (exact) mass is 298 g/mol. The molecule has 0 saturated carbocycles. The van der Waals surface area contributed by atoms with E-state index in [-0.39, 0.29) is 6.54 Å². The lowest BCUT2D eigenvalue weighted by Crippen LogP contribution is -2.35. The van der Waals surface area contributed by atoms with Crippen LogP contribution in [0.3, 0.4) is 0 Å². The number of rotatable bonds is 4. The fourth-order valence-electron chi connectivity index (χ4n) is 1.81. The van der Waals surface area contributed by atoms with Gasteiger partial charge in [0, 0.05) is 44.4 Å². The van der Waals surface area contributed by atoms with E-state index in [9.17, 15) is 9.59 Å². The summed E-state index contributed by atoms with van der Waals surface area (Å²) in [5.74, 6) is -1.36. The molecule has 6 nitrogen and oxygen atoms in total. The summed E-state index contributed by atoms with van der Waals surface area (Å²) in [5.41, 5.74) is 2.40. The molecule has 2 amide bonds. The van der Waals surface area contributed by atoms with E-state index >= 15 is 0 Å². The first-order chi connectivity index (χ1) is 10.6. The van der Waals surface area contributed by atoms with Gasteiger partial charge in [-0.15, -0.1) is 0 Å². The van der Waals surface area contributed by atoms with Crippen LogP contribution in [0.25, 0.3) is 0 Å². The van der Waals surface area contributed by atoms with Crippen LogP contribution in [-0.4, -0.2) is 30.9 Å². The molecule has 2 N–H and O–H groups in total. The third-order valence-corrected chi connectivity index (χ3v) is 3.03. The maximum Gasteiger partial charge on any atom is 0.313 e. The molecule has 0 aliphatic rings. The predicted molar refractivity (Wildman–Crippen MR) is 85.5 cm³/mol.